The van der Waals surface area contributed by atoms with Crippen molar-refractivity contribution < 1.29 is 31.9 Å². The van der Waals surface area contributed by atoms with Gasteiger partial charge >= 0.3 is 6.18 Å². The summed E-state index contributed by atoms with van der Waals surface area (Å²) in [4.78, 5) is 15.1. The molecule has 0 fully saturated rings. The number of aliphatic hydroxyl groups excluding tert-OH is 1. The third kappa shape index (κ3) is 5.77. The van der Waals surface area contributed by atoms with Gasteiger partial charge in [0.1, 0.15) is 11.6 Å². The monoisotopic (exact) mass is 559 g/mol. The van der Waals surface area contributed by atoms with E-state index in [-0.39, 0.29) is 30.6 Å². The quantitative estimate of drug-likeness (QED) is 0.402. The number of hydrazine groups is 1. The van der Waals surface area contributed by atoms with Gasteiger partial charge in [-0.05, 0) is 72.4 Å². The molecule has 5 rings (SSSR count). The van der Waals surface area contributed by atoms with Gasteiger partial charge in [0.15, 0.2) is 0 Å². The summed E-state index contributed by atoms with van der Waals surface area (Å²) in [5.41, 5.74) is 8.02. The van der Waals surface area contributed by atoms with E-state index in [1.807, 2.05) is 24.2 Å². The lowest BCUT2D eigenvalue weighted by molar-refractivity contribution is -0.158. The summed E-state index contributed by atoms with van der Waals surface area (Å²) in [6, 6.07) is 12.1. The van der Waals surface area contributed by atoms with E-state index in [0.717, 1.165) is 28.1 Å². The first-order valence-corrected chi connectivity index (χ1v) is 13.3. The molecule has 40 heavy (non-hydrogen) atoms. The summed E-state index contributed by atoms with van der Waals surface area (Å²) >= 11 is 0. The topological polar surface area (TPSA) is 55.8 Å². The Morgan fingerprint density at radius 2 is 1.88 bits per heavy atom. The smallest absolute Gasteiger partial charge is 0.391 e. The van der Waals surface area contributed by atoms with Crippen LogP contribution in [-0.2, 0) is 11.2 Å². The number of rotatable bonds is 8. The Labute approximate surface area is 229 Å². The normalized spacial score (nSPS) is 20.9. The molecule has 1 heterocycles. The van der Waals surface area contributed by atoms with Gasteiger partial charge in [-0.2, -0.15) is 13.2 Å². The maximum Gasteiger partial charge on any atom is 0.391 e. The second kappa shape index (κ2) is 11.1. The lowest BCUT2D eigenvalue weighted by Crippen LogP contribution is -2.43. The summed E-state index contributed by atoms with van der Waals surface area (Å²) < 4.78 is 66.6. The molecule has 2 aliphatic carbocycles. The van der Waals surface area contributed by atoms with Crippen LogP contribution in [-0.4, -0.2) is 41.3 Å². The van der Waals surface area contributed by atoms with Crippen LogP contribution < -0.4 is 10.4 Å². The number of amides is 1. The Balaban J connectivity index is 1.39. The molecule has 2 aromatic rings. The molecule has 10 heteroatoms. The predicted octanol–water partition coefficient (Wildman–Crippen LogP) is 5.80. The molecule has 2 aromatic carbocycles. The predicted molar refractivity (Wildman–Crippen MR) is 140 cm³/mol. The number of alkyl halides is 3. The second-order valence-corrected chi connectivity index (χ2v) is 10.5. The van der Waals surface area contributed by atoms with E-state index < -0.39 is 37.0 Å². The van der Waals surface area contributed by atoms with Crippen molar-refractivity contribution in [3.05, 3.63) is 100 Å². The van der Waals surface area contributed by atoms with Crippen LogP contribution in [0.1, 0.15) is 31.7 Å². The molecule has 0 saturated carbocycles. The number of halogens is 5. The van der Waals surface area contributed by atoms with Gasteiger partial charge in [-0.1, -0.05) is 25.1 Å². The maximum atomic E-state index is 14.2. The zero-order valence-electron chi connectivity index (χ0n) is 21.9. The number of aliphatic hydroxyl groups is 1. The van der Waals surface area contributed by atoms with Gasteiger partial charge in [0.2, 0.25) is 5.91 Å². The van der Waals surface area contributed by atoms with Gasteiger partial charge in [0.25, 0.3) is 0 Å². The molecule has 3 atom stereocenters. The third-order valence-electron chi connectivity index (χ3n) is 7.78. The number of carbonyl (C=O) groups is 1. The molecule has 2 N–H and O–H groups in total. The van der Waals surface area contributed by atoms with Crippen molar-refractivity contribution in [2.75, 3.05) is 18.1 Å². The van der Waals surface area contributed by atoms with Gasteiger partial charge in [-0.25, -0.2) is 8.78 Å². The number of benzene rings is 2. The van der Waals surface area contributed by atoms with E-state index in [1.54, 1.807) is 24.3 Å². The Morgan fingerprint density at radius 3 is 2.58 bits per heavy atom. The highest BCUT2D eigenvalue weighted by Gasteiger charge is 2.42. The van der Waals surface area contributed by atoms with E-state index in [9.17, 15) is 31.9 Å². The number of hydrogen-bond acceptors (Lipinski definition) is 4. The number of nitrogens with one attached hydrogen (secondary N) is 1. The highest BCUT2D eigenvalue weighted by molar-refractivity contribution is 5.84. The summed E-state index contributed by atoms with van der Waals surface area (Å²) in [6.45, 7) is 1.47. The number of allylic oxidation sites excluding steroid dienone is 3. The maximum absolute atomic E-state index is 14.2. The summed E-state index contributed by atoms with van der Waals surface area (Å²) in [5.74, 6) is -1.89. The fourth-order valence-corrected chi connectivity index (χ4v) is 5.91. The van der Waals surface area contributed by atoms with E-state index >= 15 is 0 Å². The first-order chi connectivity index (χ1) is 19.0. The van der Waals surface area contributed by atoms with Crippen molar-refractivity contribution in [3.63, 3.8) is 0 Å². The van der Waals surface area contributed by atoms with Gasteiger partial charge in [-0.3, -0.25) is 9.80 Å². The summed E-state index contributed by atoms with van der Waals surface area (Å²) in [5, 5.41) is 12.1. The standard InChI is InChI=1S/C30H30F5N3O2/c1-18-25-16-36-38(22-9-7-21(31)8-10-22)27(25)14-20-6-11-24(28(18)20)29(40)37(17-23(39)15-30(33,34)35)13-12-19-4-2-3-5-26(19)32/h2-5,7-10,14,16,18,23-24,36,39H,6,11-13,15,17H2,1H3/t18-,23+,24-/m0/s1. The zero-order valence-corrected chi connectivity index (χ0v) is 21.9. The molecule has 3 aliphatic rings. The Kier molecular flexibility index (Phi) is 7.72. The van der Waals surface area contributed by atoms with Crippen molar-refractivity contribution in [2.45, 2.75) is 44.9 Å². The van der Waals surface area contributed by atoms with Crippen LogP contribution in [0.5, 0.6) is 0 Å². The van der Waals surface area contributed by atoms with Gasteiger partial charge < -0.3 is 15.4 Å². The Bertz CT molecular complexity index is 1370. The van der Waals surface area contributed by atoms with E-state index in [0.29, 0.717) is 18.4 Å². The Morgan fingerprint density at radius 1 is 1.15 bits per heavy atom. The third-order valence-corrected chi connectivity index (χ3v) is 7.78. The lowest BCUT2D eigenvalue weighted by Gasteiger charge is -2.33. The van der Waals surface area contributed by atoms with Crippen molar-refractivity contribution >= 4 is 11.6 Å². The minimum atomic E-state index is -4.58. The second-order valence-electron chi connectivity index (χ2n) is 10.5. The van der Waals surface area contributed by atoms with Crippen molar-refractivity contribution in [3.8, 4) is 0 Å². The van der Waals surface area contributed by atoms with Crippen LogP contribution in [0, 0.1) is 23.5 Å². The number of anilines is 1. The van der Waals surface area contributed by atoms with Crippen LogP contribution >= 0.6 is 0 Å². The number of fused-ring (bicyclic) bond motifs is 1. The lowest BCUT2D eigenvalue weighted by atomic mass is 9.80. The molecule has 0 unspecified atom stereocenters. The Hall–Kier alpha value is -3.66. The van der Waals surface area contributed by atoms with Crippen LogP contribution in [0.2, 0.25) is 0 Å². The fraction of sp³-hybridized carbons (Fsp3) is 0.367. The largest absolute Gasteiger partial charge is 0.391 e. The molecular formula is C30H30F5N3O2. The molecule has 212 valence electrons. The first-order valence-electron chi connectivity index (χ1n) is 13.3. The fourth-order valence-electron chi connectivity index (χ4n) is 5.91. The van der Waals surface area contributed by atoms with Gasteiger partial charge in [0, 0.05) is 30.8 Å². The number of carbonyl (C=O) groups excluding carboxylic acids is 1. The van der Waals surface area contributed by atoms with Crippen LogP contribution in [0.4, 0.5) is 27.6 Å². The van der Waals surface area contributed by atoms with Crippen molar-refractivity contribution in [1.82, 2.24) is 10.3 Å². The molecule has 0 radical (unpaired) electrons. The highest BCUT2D eigenvalue weighted by atomic mass is 19.4. The summed E-state index contributed by atoms with van der Waals surface area (Å²) in [7, 11) is 0. The van der Waals surface area contributed by atoms with Crippen molar-refractivity contribution in [1.29, 1.82) is 0 Å². The minimum Gasteiger partial charge on any atom is -0.391 e. The summed E-state index contributed by atoms with van der Waals surface area (Å²) in [6.07, 6.45) is -2.77. The SMILES string of the molecule is C[C@H]1C2=CNN(c3ccc(F)cc3)C2=CC2=C1[C@@H](C(=O)N(CCc1ccccc1F)C[C@H](O)CC(F)(F)F)CC2. The van der Waals surface area contributed by atoms with Crippen LogP contribution in [0.25, 0.3) is 0 Å². The van der Waals surface area contributed by atoms with E-state index in [2.05, 4.69) is 5.43 Å². The molecule has 0 aromatic heterocycles. The van der Waals surface area contributed by atoms with Crippen LogP contribution in [0.3, 0.4) is 0 Å². The average Bonchev–Trinajstić information content (AvgIpc) is 3.52. The van der Waals surface area contributed by atoms with Gasteiger partial charge in [0.05, 0.1) is 29.8 Å². The van der Waals surface area contributed by atoms with Crippen molar-refractivity contribution in [2.24, 2.45) is 11.8 Å². The number of nitrogens with zero attached hydrogens (tertiary/aromatic N) is 2. The molecular weight excluding hydrogens is 529 g/mol. The molecule has 5 nitrogen and oxygen atoms in total. The van der Waals surface area contributed by atoms with Crippen LogP contribution in [0.15, 0.2) is 83.2 Å². The van der Waals surface area contributed by atoms with E-state index in [1.165, 1.54) is 29.2 Å². The molecule has 1 amide bonds. The average molecular weight is 560 g/mol. The molecule has 0 bridgehead atoms. The van der Waals surface area contributed by atoms with E-state index in [4.69, 9.17) is 0 Å². The molecule has 1 aliphatic heterocycles. The molecule has 0 spiro atoms. The zero-order chi connectivity index (χ0) is 28.6. The first kappa shape index (κ1) is 27.9. The van der Waals surface area contributed by atoms with Gasteiger partial charge in [-0.15, -0.1) is 0 Å². The minimum absolute atomic E-state index is 0.0220. The molecule has 0 saturated heterocycles. The highest BCUT2D eigenvalue weighted by Crippen LogP contribution is 2.48. The number of hydrogen-bond donors (Lipinski definition) is 2.